The Hall–Kier alpha value is -3.53. The Morgan fingerprint density at radius 1 is 1.03 bits per heavy atom. The van der Waals surface area contributed by atoms with Crippen molar-refractivity contribution in [1.82, 2.24) is 14.8 Å². The standard InChI is InChI=1S/C21H23N5O4S/c1-5-30-20(27)19(24-22-15-8-12-17(29-4)13-9-15)31-21-25-23-18(26(21)2)14-6-10-16(28-3)11-7-14/h6-13,22H,5H2,1-4H3/b24-19+. The monoisotopic (exact) mass is 441 g/mol. The summed E-state index contributed by atoms with van der Waals surface area (Å²) in [5, 5.41) is 13.3. The predicted molar refractivity (Wildman–Crippen MR) is 120 cm³/mol. The Bertz CT molecular complexity index is 1050. The number of aromatic nitrogens is 3. The lowest BCUT2D eigenvalue weighted by Gasteiger charge is -2.08. The number of hydrogen-bond acceptors (Lipinski definition) is 9. The minimum Gasteiger partial charge on any atom is -0.497 e. The van der Waals surface area contributed by atoms with E-state index in [-0.39, 0.29) is 11.7 Å². The molecule has 0 bridgehead atoms. The minimum atomic E-state index is -0.553. The van der Waals surface area contributed by atoms with Crippen molar-refractivity contribution in [3.05, 3.63) is 48.5 Å². The molecule has 0 atom stereocenters. The first kappa shape index (κ1) is 22.2. The van der Waals surface area contributed by atoms with Crippen molar-refractivity contribution in [1.29, 1.82) is 0 Å². The Morgan fingerprint density at radius 3 is 2.23 bits per heavy atom. The summed E-state index contributed by atoms with van der Waals surface area (Å²) < 4.78 is 17.3. The molecule has 0 saturated heterocycles. The van der Waals surface area contributed by atoms with Crippen molar-refractivity contribution in [2.45, 2.75) is 12.1 Å². The number of rotatable bonds is 7. The number of nitrogens with one attached hydrogen (secondary N) is 1. The topological polar surface area (TPSA) is 99.9 Å². The van der Waals surface area contributed by atoms with Crippen molar-refractivity contribution in [3.63, 3.8) is 0 Å². The SMILES string of the molecule is CCOC(=O)/C(=N\Nc1ccc(OC)cc1)Sc1nnc(-c2ccc(OC)cc2)n1C. The van der Waals surface area contributed by atoms with Crippen LogP contribution in [0.2, 0.25) is 0 Å². The van der Waals surface area contributed by atoms with Crippen LogP contribution in [0.5, 0.6) is 11.5 Å². The highest BCUT2D eigenvalue weighted by Gasteiger charge is 2.20. The molecule has 0 spiro atoms. The maximum atomic E-state index is 12.4. The van der Waals surface area contributed by atoms with Gasteiger partial charge < -0.3 is 18.8 Å². The summed E-state index contributed by atoms with van der Waals surface area (Å²) in [5.41, 5.74) is 4.43. The molecule has 0 unspecified atom stereocenters. The number of anilines is 1. The zero-order valence-electron chi connectivity index (χ0n) is 17.7. The molecular formula is C21H23N5O4S. The Kier molecular flexibility index (Phi) is 7.50. The van der Waals surface area contributed by atoms with E-state index in [0.717, 1.165) is 28.8 Å². The molecule has 0 aliphatic rings. The van der Waals surface area contributed by atoms with Crippen molar-refractivity contribution in [2.24, 2.45) is 12.1 Å². The fourth-order valence-electron chi connectivity index (χ4n) is 2.57. The average Bonchev–Trinajstić information content (AvgIpc) is 3.17. The summed E-state index contributed by atoms with van der Waals surface area (Å²) >= 11 is 1.07. The summed E-state index contributed by atoms with van der Waals surface area (Å²) in [6, 6.07) is 14.6. The second kappa shape index (κ2) is 10.5. The number of nitrogens with zero attached hydrogens (tertiary/aromatic N) is 4. The van der Waals surface area contributed by atoms with Gasteiger partial charge in [0.05, 0.1) is 26.5 Å². The van der Waals surface area contributed by atoms with E-state index in [0.29, 0.717) is 16.7 Å². The number of methoxy groups -OCH3 is 2. The molecule has 0 saturated carbocycles. The van der Waals surface area contributed by atoms with Gasteiger partial charge in [-0.2, -0.15) is 5.10 Å². The number of hydrogen-bond donors (Lipinski definition) is 1. The molecule has 9 nitrogen and oxygen atoms in total. The van der Waals surface area contributed by atoms with E-state index in [9.17, 15) is 4.79 Å². The van der Waals surface area contributed by atoms with Crippen LogP contribution in [0.25, 0.3) is 11.4 Å². The second-order valence-corrected chi connectivity index (χ2v) is 7.13. The highest BCUT2D eigenvalue weighted by molar-refractivity contribution is 8.15. The van der Waals surface area contributed by atoms with Crippen LogP contribution in [-0.4, -0.2) is 46.6 Å². The zero-order valence-corrected chi connectivity index (χ0v) is 18.5. The lowest BCUT2D eigenvalue weighted by molar-refractivity contribution is -0.134. The van der Waals surface area contributed by atoms with Crippen molar-refractivity contribution >= 4 is 28.5 Å². The number of carbonyl (C=O) groups excluding carboxylic acids is 1. The molecule has 0 fully saturated rings. The predicted octanol–water partition coefficient (Wildman–Crippen LogP) is 3.58. The van der Waals surface area contributed by atoms with Gasteiger partial charge >= 0.3 is 5.97 Å². The van der Waals surface area contributed by atoms with Crippen LogP contribution < -0.4 is 14.9 Å². The minimum absolute atomic E-state index is 0.106. The summed E-state index contributed by atoms with van der Waals surface area (Å²) in [6.07, 6.45) is 0. The fourth-order valence-corrected chi connectivity index (χ4v) is 3.28. The molecule has 0 aliphatic heterocycles. The molecule has 2 aromatic carbocycles. The number of thioether (sulfide) groups is 1. The van der Waals surface area contributed by atoms with Crippen LogP contribution in [0.4, 0.5) is 5.69 Å². The number of esters is 1. The molecule has 1 N–H and O–H groups in total. The third-order valence-electron chi connectivity index (χ3n) is 4.20. The van der Waals surface area contributed by atoms with Gasteiger partial charge in [-0.05, 0) is 67.2 Å². The number of hydrazone groups is 1. The Labute approximate surface area is 184 Å². The first-order valence-corrected chi connectivity index (χ1v) is 10.2. The van der Waals surface area contributed by atoms with Gasteiger partial charge in [-0.1, -0.05) is 0 Å². The molecule has 0 radical (unpaired) electrons. The van der Waals surface area contributed by atoms with Gasteiger partial charge in [-0.3, -0.25) is 5.43 Å². The molecule has 0 amide bonds. The smallest absolute Gasteiger partial charge is 0.365 e. The van der Waals surface area contributed by atoms with Crippen LogP contribution in [-0.2, 0) is 16.6 Å². The van der Waals surface area contributed by atoms with E-state index in [1.165, 1.54) is 0 Å². The maximum absolute atomic E-state index is 12.4. The summed E-state index contributed by atoms with van der Waals surface area (Å²) in [6.45, 7) is 1.97. The van der Waals surface area contributed by atoms with Crippen molar-refractivity contribution < 1.29 is 19.0 Å². The van der Waals surface area contributed by atoms with E-state index in [2.05, 4.69) is 20.7 Å². The van der Waals surface area contributed by atoms with E-state index in [4.69, 9.17) is 14.2 Å². The lowest BCUT2D eigenvalue weighted by Crippen LogP contribution is -2.16. The quantitative estimate of drug-likeness (QED) is 0.195. The Morgan fingerprint density at radius 2 is 1.65 bits per heavy atom. The first-order valence-electron chi connectivity index (χ1n) is 9.42. The Balaban J connectivity index is 1.82. The summed E-state index contributed by atoms with van der Waals surface area (Å²) in [4.78, 5) is 12.4. The van der Waals surface area contributed by atoms with Gasteiger partial charge in [0, 0.05) is 12.6 Å². The molecule has 10 heteroatoms. The van der Waals surface area contributed by atoms with E-state index >= 15 is 0 Å². The molecule has 0 aliphatic carbocycles. The molecule has 3 rings (SSSR count). The largest absolute Gasteiger partial charge is 0.497 e. The lowest BCUT2D eigenvalue weighted by atomic mass is 10.2. The van der Waals surface area contributed by atoms with Gasteiger partial charge in [-0.25, -0.2) is 4.79 Å². The number of ether oxygens (including phenoxy) is 3. The van der Waals surface area contributed by atoms with Crippen LogP contribution in [0.15, 0.2) is 58.8 Å². The second-order valence-electron chi connectivity index (χ2n) is 6.17. The first-order chi connectivity index (χ1) is 15.0. The summed E-state index contributed by atoms with van der Waals surface area (Å²) in [5.74, 6) is 1.57. The average molecular weight is 442 g/mol. The van der Waals surface area contributed by atoms with Crippen LogP contribution >= 0.6 is 11.8 Å². The highest BCUT2D eigenvalue weighted by atomic mass is 32.2. The van der Waals surface area contributed by atoms with Gasteiger partial charge in [-0.15, -0.1) is 10.2 Å². The maximum Gasteiger partial charge on any atom is 0.365 e. The molecule has 31 heavy (non-hydrogen) atoms. The number of benzene rings is 2. The molecule has 1 aromatic heterocycles. The van der Waals surface area contributed by atoms with Gasteiger partial charge in [0.1, 0.15) is 11.5 Å². The normalized spacial score (nSPS) is 11.2. The molecule has 1 heterocycles. The number of carbonyl (C=O) groups is 1. The van der Waals surface area contributed by atoms with Gasteiger partial charge in [0.15, 0.2) is 11.0 Å². The van der Waals surface area contributed by atoms with E-state index in [1.54, 1.807) is 50.0 Å². The molecule has 162 valence electrons. The highest BCUT2D eigenvalue weighted by Crippen LogP contribution is 2.26. The fraction of sp³-hybridized carbons (Fsp3) is 0.238. The third-order valence-corrected chi connectivity index (χ3v) is 5.19. The summed E-state index contributed by atoms with van der Waals surface area (Å²) in [7, 11) is 5.03. The molecular weight excluding hydrogens is 418 g/mol. The van der Waals surface area contributed by atoms with Crippen LogP contribution in [0, 0.1) is 0 Å². The third kappa shape index (κ3) is 5.54. The van der Waals surface area contributed by atoms with Gasteiger partial charge in [0.2, 0.25) is 5.04 Å². The van der Waals surface area contributed by atoms with E-state index < -0.39 is 5.97 Å². The van der Waals surface area contributed by atoms with E-state index in [1.807, 2.05) is 31.3 Å². The van der Waals surface area contributed by atoms with Crippen molar-refractivity contribution in [3.8, 4) is 22.9 Å². The van der Waals surface area contributed by atoms with Crippen LogP contribution in [0.1, 0.15) is 6.92 Å². The molecule has 3 aromatic rings. The van der Waals surface area contributed by atoms with Gasteiger partial charge in [0.25, 0.3) is 0 Å². The zero-order chi connectivity index (χ0) is 22.2. The van der Waals surface area contributed by atoms with Crippen LogP contribution in [0.3, 0.4) is 0 Å². The van der Waals surface area contributed by atoms with Crippen molar-refractivity contribution in [2.75, 3.05) is 26.3 Å².